The molecule has 4 nitrogen and oxygen atoms in total. The number of para-hydroxylation sites is 1. The van der Waals surface area contributed by atoms with E-state index in [4.69, 9.17) is 11.6 Å². The zero-order chi connectivity index (χ0) is 21.3. The van der Waals surface area contributed by atoms with Crippen LogP contribution in [0.1, 0.15) is 37.0 Å². The first-order valence-corrected chi connectivity index (χ1v) is 11.3. The van der Waals surface area contributed by atoms with Gasteiger partial charge in [0, 0.05) is 35.3 Å². The number of benzene rings is 2. The lowest BCUT2D eigenvalue weighted by molar-refractivity contribution is -0.122. The largest absolute Gasteiger partial charge is 0.342 e. The number of fused-ring (bicyclic) bond motifs is 1. The first-order chi connectivity index (χ1) is 14.5. The fourth-order valence-electron chi connectivity index (χ4n) is 3.83. The van der Waals surface area contributed by atoms with Crippen LogP contribution >= 0.6 is 23.4 Å². The van der Waals surface area contributed by atoms with E-state index >= 15 is 0 Å². The van der Waals surface area contributed by atoms with Gasteiger partial charge >= 0.3 is 0 Å². The molecule has 0 spiro atoms. The Morgan fingerprint density at radius 1 is 1.07 bits per heavy atom. The third-order valence-electron chi connectivity index (χ3n) is 5.27. The summed E-state index contributed by atoms with van der Waals surface area (Å²) in [5.74, 6) is -0.197. The summed E-state index contributed by atoms with van der Waals surface area (Å²) in [5, 5.41) is 1.62. The maximum Gasteiger partial charge on any atom is 0.293 e. The molecule has 1 saturated heterocycles. The lowest BCUT2D eigenvalue weighted by Crippen LogP contribution is -2.28. The number of hydrogen-bond acceptors (Lipinski definition) is 3. The number of halogens is 1. The number of nitrogens with zero attached hydrogens (tertiary/aromatic N) is 2. The Balaban J connectivity index is 1.78. The van der Waals surface area contributed by atoms with E-state index in [1.54, 1.807) is 0 Å². The van der Waals surface area contributed by atoms with E-state index in [1.807, 2.05) is 43.3 Å². The van der Waals surface area contributed by atoms with Crippen molar-refractivity contribution in [3.8, 4) is 0 Å². The number of amides is 2. The fraction of sp³-hybridized carbons (Fsp3) is 0.250. The molecule has 6 heteroatoms. The van der Waals surface area contributed by atoms with Gasteiger partial charge in [0.25, 0.3) is 11.1 Å². The Morgan fingerprint density at radius 2 is 1.83 bits per heavy atom. The number of imide groups is 1. The molecular formula is C24H23ClN2O2S. The Hall–Kier alpha value is -2.50. The van der Waals surface area contributed by atoms with Crippen molar-refractivity contribution in [2.75, 3.05) is 6.54 Å². The Bertz CT molecular complexity index is 1150. The van der Waals surface area contributed by atoms with Crippen molar-refractivity contribution in [1.82, 2.24) is 9.47 Å². The zero-order valence-corrected chi connectivity index (χ0v) is 18.6. The Labute approximate surface area is 185 Å². The highest BCUT2D eigenvalue weighted by Gasteiger charge is 2.34. The number of carbonyl (C=O) groups is 2. The molecule has 1 aromatic heterocycles. The van der Waals surface area contributed by atoms with Gasteiger partial charge in [-0.05, 0) is 53.9 Å². The normalized spacial score (nSPS) is 15.7. The molecule has 0 atom stereocenters. The van der Waals surface area contributed by atoms with E-state index in [0.717, 1.165) is 46.6 Å². The highest BCUT2D eigenvalue weighted by atomic mass is 35.5. The predicted octanol–water partition coefficient (Wildman–Crippen LogP) is 6.35. The van der Waals surface area contributed by atoms with Gasteiger partial charge in [-0.15, -0.1) is 0 Å². The molecule has 2 amide bonds. The average molecular weight is 439 g/mol. The van der Waals surface area contributed by atoms with Crippen LogP contribution in [0, 0.1) is 0 Å². The summed E-state index contributed by atoms with van der Waals surface area (Å²) in [4.78, 5) is 26.7. The lowest BCUT2D eigenvalue weighted by atomic mass is 10.1. The van der Waals surface area contributed by atoms with Crippen LogP contribution in [0.3, 0.4) is 0 Å². The van der Waals surface area contributed by atoms with E-state index in [1.165, 1.54) is 10.5 Å². The maximum atomic E-state index is 12.7. The number of aromatic nitrogens is 1. The van der Waals surface area contributed by atoms with E-state index in [2.05, 4.69) is 29.8 Å². The molecule has 0 aliphatic carbocycles. The summed E-state index contributed by atoms with van der Waals surface area (Å²) >= 11 is 7.06. The summed E-state index contributed by atoms with van der Waals surface area (Å²) in [7, 11) is 0. The second-order valence-electron chi connectivity index (χ2n) is 7.34. The highest BCUT2D eigenvalue weighted by molar-refractivity contribution is 8.18. The summed E-state index contributed by atoms with van der Waals surface area (Å²) in [6.45, 7) is 5.27. The maximum absolute atomic E-state index is 12.7. The lowest BCUT2D eigenvalue weighted by Gasteiger charge is -2.09. The molecule has 3 aromatic rings. The van der Waals surface area contributed by atoms with Gasteiger partial charge in [-0.3, -0.25) is 14.5 Å². The molecular weight excluding hydrogens is 416 g/mol. The molecule has 1 aliphatic heterocycles. The molecule has 0 unspecified atom stereocenters. The van der Waals surface area contributed by atoms with Crippen molar-refractivity contribution in [2.24, 2.45) is 0 Å². The molecule has 2 heterocycles. The molecule has 0 saturated carbocycles. The minimum atomic E-state index is -0.197. The number of thioether (sulfide) groups is 1. The van der Waals surface area contributed by atoms with Crippen LogP contribution in [0.4, 0.5) is 4.79 Å². The van der Waals surface area contributed by atoms with Crippen molar-refractivity contribution < 1.29 is 9.59 Å². The summed E-state index contributed by atoms with van der Waals surface area (Å²) in [6.07, 6.45) is 5.60. The third-order valence-corrected chi connectivity index (χ3v) is 6.43. The van der Waals surface area contributed by atoms with Crippen molar-refractivity contribution in [1.29, 1.82) is 0 Å². The topological polar surface area (TPSA) is 42.3 Å². The van der Waals surface area contributed by atoms with Gasteiger partial charge in [0.2, 0.25) is 0 Å². The van der Waals surface area contributed by atoms with Crippen LogP contribution in [-0.2, 0) is 17.8 Å². The van der Waals surface area contributed by atoms with E-state index in [0.29, 0.717) is 23.0 Å². The zero-order valence-electron chi connectivity index (χ0n) is 17.0. The first kappa shape index (κ1) is 20.8. The van der Waals surface area contributed by atoms with Crippen LogP contribution in [0.5, 0.6) is 0 Å². The molecule has 1 aliphatic rings. The fourth-order valence-corrected chi connectivity index (χ4v) is 4.82. The van der Waals surface area contributed by atoms with Gasteiger partial charge in [0.1, 0.15) is 0 Å². The van der Waals surface area contributed by atoms with Crippen LogP contribution < -0.4 is 0 Å². The molecule has 0 radical (unpaired) electrons. The van der Waals surface area contributed by atoms with E-state index in [-0.39, 0.29) is 11.1 Å². The first-order valence-electron chi connectivity index (χ1n) is 10.1. The molecule has 154 valence electrons. The number of carbonyl (C=O) groups excluding carboxylic acids is 2. The van der Waals surface area contributed by atoms with Crippen LogP contribution in [0.2, 0.25) is 5.02 Å². The van der Waals surface area contributed by atoms with Crippen LogP contribution in [0.25, 0.3) is 17.0 Å². The number of hydrogen-bond donors (Lipinski definition) is 0. The quantitative estimate of drug-likeness (QED) is 0.421. The Morgan fingerprint density at radius 3 is 2.53 bits per heavy atom. The standard InChI is InChI=1S/C24H23ClN2O2S/c1-3-12-27-23(28)21(30-24(27)29)13-18-15-26(14-16-8-10-19(25)11-9-16)22-17(4-2)6-5-7-20(18)22/h5-11,13,15H,3-4,12,14H2,1-2H3/b21-13-. The van der Waals surface area contributed by atoms with Gasteiger partial charge in [0.05, 0.1) is 10.4 Å². The monoisotopic (exact) mass is 438 g/mol. The van der Waals surface area contributed by atoms with Gasteiger partial charge in [-0.25, -0.2) is 0 Å². The summed E-state index contributed by atoms with van der Waals surface area (Å²) < 4.78 is 2.22. The van der Waals surface area contributed by atoms with Crippen LogP contribution in [-0.4, -0.2) is 27.2 Å². The molecule has 1 fully saturated rings. The van der Waals surface area contributed by atoms with E-state index in [9.17, 15) is 9.59 Å². The van der Waals surface area contributed by atoms with Gasteiger partial charge in [-0.2, -0.15) is 0 Å². The van der Waals surface area contributed by atoms with Gasteiger partial charge in [-0.1, -0.05) is 55.8 Å². The average Bonchev–Trinajstić information content (AvgIpc) is 3.22. The number of rotatable bonds is 6. The molecule has 30 heavy (non-hydrogen) atoms. The molecule has 0 N–H and O–H groups in total. The summed E-state index contributed by atoms with van der Waals surface area (Å²) in [5.41, 5.74) is 4.52. The summed E-state index contributed by atoms with van der Waals surface area (Å²) in [6, 6.07) is 14.1. The third kappa shape index (κ3) is 3.92. The molecule has 2 aromatic carbocycles. The SMILES string of the molecule is CCCN1C(=O)S/C(=C\c2cn(Cc3ccc(Cl)cc3)c3c(CC)cccc23)C1=O. The molecule has 0 bridgehead atoms. The van der Waals surface area contributed by atoms with Crippen LogP contribution in [0.15, 0.2) is 53.6 Å². The van der Waals surface area contributed by atoms with Crippen molar-refractivity contribution >= 4 is 51.5 Å². The van der Waals surface area contributed by atoms with Crippen molar-refractivity contribution in [3.05, 3.63) is 75.3 Å². The smallest absolute Gasteiger partial charge is 0.293 e. The van der Waals surface area contributed by atoms with E-state index < -0.39 is 0 Å². The second kappa shape index (κ2) is 8.70. The minimum Gasteiger partial charge on any atom is -0.342 e. The number of aryl methyl sites for hydroxylation is 1. The van der Waals surface area contributed by atoms with Gasteiger partial charge in [0.15, 0.2) is 0 Å². The highest BCUT2D eigenvalue weighted by Crippen LogP contribution is 2.35. The van der Waals surface area contributed by atoms with Gasteiger partial charge < -0.3 is 4.57 Å². The predicted molar refractivity (Wildman–Crippen MR) is 125 cm³/mol. The van der Waals surface area contributed by atoms with Crippen molar-refractivity contribution in [2.45, 2.75) is 33.2 Å². The van der Waals surface area contributed by atoms with Crippen molar-refractivity contribution in [3.63, 3.8) is 0 Å². The second-order valence-corrected chi connectivity index (χ2v) is 8.77. The molecule has 4 rings (SSSR count). The minimum absolute atomic E-state index is 0.188. The Kier molecular flexibility index (Phi) is 6.02.